The maximum absolute atomic E-state index is 11.8. The van der Waals surface area contributed by atoms with Crippen molar-refractivity contribution in [2.24, 2.45) is 5.92 Å². The molecule has 0 amide bonds. The number of rotatable bonds is 3. The van der Waals surface area contributed by atoms with E-state index < -0.39 is 41.7 Å². The van der Waals surface area contributed by atoms with Gasteiger partial charge in [0.25, 0.3) is 5.79 Å². The first-order chi connectivity index (χ1) is 11.5. The van der Waals surface area contributed by atoms with Gasteiger partial charge in [0.15, 0.2) is 0 Å². The lowest BCUT2D eigenvalue weighted by Crippen LogP contribution is -2.53. The Balaban J connectivity index is 1.99. The van der Waals surface area contributed by atoms with Crippen molar-refractivity contribution in [1.82, 2.24) is 0 Å². The summed E-state index contributed by atoms with van der Waals surface area (Å²) in [5.74, 6) is -5.89. The van der Waals surface area contributed by atoms with Crippen molar-refractivity contribution in [2.75, 3.05) is 0 Å². The van der Waals surface area contributed by atoms with E-state index in [1.54, 1.807) is 0 Å². The number of allylic oxidation sites excluding steroid dienone is 4. The van der Waals surface area contributed by atoms with Crippen LogP contribution in [0.3, 0.4) is 0 Å². The molecule has 0 radical (unpaired) electrons. The van der Waals surface area contributed by atoms with E-state index in [0.29, 0.717) is 0 Å². The number of hydrogen-bond acceptors (Lipinski definition) is 8. The average molecular weight is 351 g/mol. The van der Waals surface area contributed by atoms with Gasteiger partial charge in [-0.25, -0.2) is 9.59 Å². The van der Waals surface area contributed by atoms with Crippen LogP contribution in [-0.2, 0) is 33.3 Å². The fourth-order valence-electron chi connectivity index (χ4n) is 2.16. The molecule has 0 aromatic heterocycles. The molecule has 136 valence electrons. The monoisotopic (exact) mass is 351 g/mol. The first-order valence-electron chi connectivity index (χ1n) is 7.59. The van der Waals surface area contributed by atoms with Gasteiger partial charge in [-0.1, -0.05) is 24.3 Å². The van der Waals surface area contributed by atoms with Crippen molar-refractivity contribution in [1.29, 1.82) is 0 Å². The quantitative estimate of drug-likeness (QED) is 0.312. The zero-order valence-corrected chi connectivity index (χ0v) is 14.3. The van der Waals surface area contributed by atoms with Gasteiger partial charge in [0.05, 0.1) is 5.92 Å². The Kier molecular flexibility index (Phi) is 5.15. The lowest BCUT2D eigenvalue weighted by Gasteiger charge is -2.42. The molecule has 2 rings (SSSR count). The van der Waals surface area contributed by atoms with Crippen LogP contribution in [-0.4, -0.2) is 35.8 Å². The maximum Gasteiger partial charge on any atom is 0.348 e. The van der Waals surface area contributed by atoms with Crippen molar-refractivity contribution in [3.63, 3.8) is 0 Å². The van der Waals surface area contributed by atoms with Crippen LogP contribution >= 0.6 is 0 Å². The van der Waals surface area contributed by atoms with Crippen LogP contribution in [0, 0.1) is 5.92 Å². The van der Waals surface area contributed by atoms with Crippen LogP contribution in [0.2, 0.25) is 0 Å². The summed E-state index contributed by atoms with van der Waals surface area (Å²) in [6.07, 6.45) is 5.20. The first kappa shape index (κ1) is 18.9. The molecule has 0 bridgehead atoms. The molecule has 2 aliphatic heterocycles. The number of ether oxygens (including phenoxy) is 4. The summed E-state index contributed by atoms with van der Waals surface area (Å²) in [5.41, 5.74) is -0.257. The molecule has 2 fully saturated rings. The smallest absolute Gasteiger partial charge is 0.348 e. The molecule has 2 heterocycles. The Morgan fingerprint density at radius 2 is 1.48 bits per heavy atom. The molecule has 0 saturated carbocycles. The third-order valence-corrected chi connectivity index (χ3v) is 3.23. The fourth-order valence-corrected chi connectivity index (χ4v) is 2.16. The van der Waals surface area contributed by atoms with E-state index in [2.05, 4.69) is 0 Å². The summed E-state index contributed by atoms with van der Waals surface area (Å²) in [7, 11) is 0. The first-order valence-corrected chi connectivity index (χ1v) is 7.59. The predicted octanol–water partition coefficient (Wildman–Crippen LogP) is 0.473. The van der Waals surface area contributed by atoms with E-state index in [9.17, 15) is 19.5 Å². The zero-order valence-electron chi connectivity index (χ0n) is 14.3. The molecule has 0 spiro atoms. The largest absolute Gasteiger partial charge is 0.830 e. The van der Waals surface area contributed by atoms with Gasteiger partial charge in [-0.2, -0.15) is 0 Å². The van der Waals surface area contributed by atoms with Gasteiger partial charge in [-0.3, -0.25) is 4.79 Å². The van der Waals surface area contributed by atoms with E-state index in [0.717, 1.165) is 0 Å². The summed E-state index contributed by atoms with van der Waals surface area (Å²) < 4.78 is 19.9. The molecule has 8 nitrogen and oxygen atoms in total. The second kappa shape index (κ2) is 6.81. The third kappa shape index (κ3) is 4.77. The molecule has 0 N–H and O–H groups in total. The second-order valence-corrected chi connectivity index (χ2v) is 6.36. The highest BCUT2D eigenvalue weighted by Crippen LogP contribution is 2.25. The van der Waals surface area contributed by atoms with Crippen LogP contribution in [0.15, 0.2) is 36.0 Å². The van der Waals surface area contributed by atoms with Crippen LogP contribution in [0.25, 0.3) is 0 Å². The van der Waals surface area contributed by atoms with Crippen molar-refractivity contribution in [2.45, 2.75) is 45.6 Å². The van der Waals surface area contributed by atoms with E-state index in [1.165, 1.54) is 58.1 Å². The van der Waals surface area contributed by atoms with E-state index in [1.807, 2.05) is 0 Å². The highest BCUT2D eigenvalue weighted by Gasteiger charge is 2.38. The van der Waals surface area contributed by atoms with Crippen LogP contribution in [0.4, 0.5) is 0 Å². The third-order valence-electron chi connectivity index (χ3n) is 3.23. The van der Waals surface area contributed by atoms with Gasteiger partial charge in [-0.05, 0) is 6.08 Å². The number of carbonyl (C=O) groups excluding carboxylic acids is 3. The van der Waals surface area contributed by atoms with Gasteiger partial charge in [0.2, 0.25) is 5.79 Å². The highest BCUT2D eigenvalue weighted by atomic mass is 16.8. The Morgan fingerprint density at radius 1 is 0.880 bits per heavy atom. The Bertz CT molecular complexity index is 646. The second-order valence-electron chi connectivity index (χ2n) is 6.36. The normalized spacial score (nSPS) is 28.7. The van der Waals surface area contributed by atoms with Gasteiger partial charge in [-0.15, -0.1) is 0 Å². The molecular weight excluding hydrogens is 332 g/mol. The summed E-state index contributed by atoms with van der Waals surface area (Å²) in [6.45, 7) is 5.85. The van der Waals surface area contributed by atoms with Crippen LogP contribution in [0.1, 0.15) is 27.7 Å². The SMILES string of the molecule is CC1(C)OC(=O)C(=CC=CC=CC2C(=O)OC(C)(C)OC2[O-])C(=O)O1. The van der Waals surface area contributed by atoms with Crippen molar-refractivity contribution >= 4 is 17.9 Å². The number of cyclic esters (lactones) is 3. The molecule has 2 atom stereocenters. The number of hydrogen-bond donors (Lipinski definition) is 0. The molecule has 0 aliphatic carbocycles. The molecule has 2 aliphatic rings. The van der Waals surface area contributed by atoms with Gasteiger partial charge < -0.3 is 24.1 Å². The van der Waals surface area contributed by atoms with Crippen LogP contribution in [0.5, 0.6) is 0 Å². The predicted molar refractivity (Wildman–Crippen MR) is 81.2 cm³/mol. The standard InChI is InChI=1S/C17H19O8/c1-16(2)22-12(18)10(13(19)23-16)8-6-5-7-9-11-14(20)24-17(3,4)25-15(11)21/h5-10,12H,1-4H3/q-1. The molecule has 0 aromatic carbocycles. The average Bonchev–Trinajstić information content (AvgIpc) is 2.40. The van der Waals surface area contributed by atoms with Crippen molar-refractivity contribution < 1.29 is 38.4 Å². The van der Waals surface area contributed by atoms with E-state index in [-0.39, 0.29) is 5.57 Å². The minimum atomic E-state index is -1.58. The molecule has 2 unspecified atom stereocenters. The van der Waals surface area contributed by atoms with Crippen LogP contribution < -0.4 is 5.11 Å². The van der Waals surface area contributed by atoms with Crippen molar-refractivity contribution in [3.8, 4) is 0 Å². The van der Waals surface area contributed by atoms with E-state index in [4.69, 9.17) is 18.9 Å². The highest BCUT2D eigenvalue weighted by molar-refractivity contribution is 6.15. The van der Waals surface area contributed by atoms with Gasteiger partial charge in [0, 0.05) is 34.0 Å². The molecule has 2 saturated heterocycles. The zero-order chi connectivity index (χ0) is 18.8. The minimum Gasteiger partial charge on any atom is -0.830 e. The molecule has 8 heteroatoms. The molecular formula is C17H19O8-. The minimum absolute atomic E-state index is 0.257. The number of carbonyl (C=O) groups is 3. The maximum atomic E-state index is 11.8. The molecule has 0 aromatic rings. The fraction of sp³-hybridized carbons (Fsp3) is 0.471. The summed E-state index contributed by atoms with van der Waals surface area (Å²) in [5, 5.41) is 11.8. The Morgan fingerprint density at radius 3 is 2.04 bits per heavy atom. The van der Waals surface area contributed by atoms with E-state index >= 15 is 0 Å². The number of esters is 3. The molecule has 25 heavy (non-hydrogen) atoms. The van der Waals surface area contributed by atoms with Gasteiger partial charge >= 0.3 is 17.9 Å². The summed E-state index contributed by atoms with van der Waals surface area (Å²) >= 11 is 0. The lowest BCUT2D eigenvalue weighted by molar-refractivity contribution is -0.532. The summed E-state index contributed by atoms with van der Waals surface area (Å²) in [6, 6.07) is 0. The topological polar surface area (TPSA) is 111 Å². The summed E-state index contributed by atoms with van der Waals surface area (Å²) in [4.78, 5) is 35.2. The Hall–Kier alpha value is -2.45. The Labute approximate surface area is 144 Å². The lowest BCUT2D eigenvalue weighted by atomic mass is 10.1. The van der Waals surface area contributed by atoms with Gasteiger partial charge in [0.1, 0.15) is 5.57 Å². The van der Waals surface area contributed by atoms with Crippen molar-refractivity contribution in [3.05, 3.63) is 36.0 Å².